The van der Waals surface area contributed by atoms with E-state index in [-0.39, 0.29) is 6.04 Å². The van der Waals surface area contributed by atoms with Crippen molar-refractivity contribution < 1.29 is 0 Å². The van der Waals surface area contributed by atoms with Crippen molar-refractivity contribution >= 4 is 27.5 Å². The fourth-order valence-corrected chi connectivity index (χ4v) is 2.99. The standard InChI is InChI=1S/C13H16BrClN4/c1-3-4-19-12(8-17-18-19)13(16-2)9-5-10(14)7-11(15)6-9/h5-8,13,16H,3-4H2,1-2H3. The number of hydrogen-bond acceptors (Lipinski definition) is 3. The lowest BCUT2D eigenvalue weighted by atomic mass is 10.0. The van der Waals surface area contributed by atoms with Crippen molar-refractivity contribution in [3.63, 3.8) is 0 Å². The molecule has 0 fully saturated rings. The summed E-state index contributed by atoms with van der Waals surface area (Å²) in [5.74, 6) is 0. The molecule has 0 spiro atoms. The van der Waals surface area contributed by atoms with Gasteiger partial charge in [-0.05, 0) is 37.2 Å². The normalized spacial score (nSPS) is 12.6. The van der Waals surface area contributed by atoms with Crippen LogP contribution in [0.4, 0.5) is 0 Å². The van der Waals surface area contributed by atoms with Crippen molar-refractivity contribution in [3.8, 4) is 0 Å². The van der Waals surface area contributed by atoms with Crippen LogP contribution in [0, 0.1) is 0 Å². The second-order valence-corrected chi connectivity index (χ2v) is 5.66. The molecule has 1 aromatic heterocycles. The van der Waals surface area contributed by atoms with E-state index in [0.717, 1.165) is 28.7 Å². The van der Waals surface area contributed by atoms with E-state index in [9.17, 15) is 0 Å². The summed E-state index contributed by atoms with van der Waals surface area (Å²) in [7, 11) is 1.92. The second kappa shape index (κ2) is 6.50. The van der Waals surface area contributed by atoms with E-state index < -0.39 is 0 Å². The van der Waals surface area contributed by atoms with Crippen LogP contribution in [0.5, 0.6) is 0 Å². The summed E-state index contributed by atoms with van der Waals surface area (Å²) < 4.78 is 2.89. The van der Waals surface area contributed by atoms with Crippen LogP contribution < -0.4 is 5.32 Å². The molecule has 102 valence electrons. The highest BCUT2D eigenvalue weighted by Gasteiger charge is 2.18. The Morgan fingerprint density at radius 2 is 2.21 bits per heavy atom. The first kappa shape index (κ1) is 14.5. The maximum Gasteiger partial charge on any atom is 0.0801 e. The van der Waals surface area contributed by atoms with Gasteiger partial charge in [0.05, 0.1) is 17.9 Å². The minimum atomic E-state index is 0.0246. The molecule has 1 heterocycles. The van der Waals surface area contributed by atoms with Crippen molar-refractivity contribution in [1.82, 2.24) is 20.3 Å². The molecule has 0 saturated heterocycles. The molecule has 0 amide bonds. The average Bonchev–Trinajstić information content (AvgIpc) is 2.78. The predicted molar refractivity (Wildman–Crippen MR) is 80.4 cm³/mol. The fourth-order valence-electron chi connectivity index (χ4n) is 2.10. The number of rotatable bonds is 5. The Morgan fingerprint density at radius 1 is 1.42 bits per heavy atom. The first-order valence-electron chi connectivity index (χ1n) is 6.17. The molecule has 1 aromatic carbocycles. The zero-order chi connectivity index (χ0) is 13.8. The molecule has 0 aliphatic heterocycles. The summed E-state index contributed by atoms with van der Waals surface area (Å²) >= 11 is 9.59. The molecular formula is C13H16BrClN4. The van der Waals surface area contributed by atoms with Crippen LogP contribution in [-0.2, 0) is 6.54 Å². The number of aryl methyl sites for hydroxylation is 1. The van der Waals surface area contributed by atoms with Gasteiger partial charge in [0.2, 0.25) is 0 Å². The van der Waals surface area contributed by atoms with Gasteiger partial charge >= 0.3 is 0 Å². The Kier molecular flexibility index (Phi) is 4.96. The molecule has 2 rings (SSSR count). The third kappa shape index (κ3) is 3.35. The number of halogens is 2. The Labute approximate surface area is 126 Å². The second-order valence-electron chi connectivity index (χ2n) is 4.31. The van der Waals surface area contributed by atoms with Crippen LogP contribution >= 0.6 is 27.5 Å². The van der Waals surface area contributed by atoms with Crippen LogP contribution in [0.15, 0.2) is 28.9 Å². The third-order valence-corrected chi connectivity index (χ3v) is 3.56. The van der Waals surface area contributed by atoms with E-state index in [2.05, 4.69) is 44.5 Å². The van der Waals surface area contributed by atoms with Crippen molar-refractivity contribution in [2.75, 3.05) is 7.05 Å². The third-order valence-electron chi connectivity index (χ3n) is 2.89. The van der Waals surface area contributed by atoms with E-state index in [1.165, 1.54) is 0 Å². The van der Waals surface area contributed by atoms with E-state index in [1.807, 2.05) is 23.9 Å². The molecule has 0 aliphatic carbocycles. The van der Waals surface area contributed by atoms with Gasteiger partial charge in [0, 0.05) is 16.0 Å². The summed E-state index contributed by atoms with van der Waals surface area (Å²) in [6.45, 7) is 2.98. The monoisotopic (exact) mass is 342 g/mol. The molecular weight excluding hydrogens is 328 g/mol. The highest BCUT2D eigenvalue weighted by Crippen LogP contribution is 2.27. The highest BCUT2D eigenvalue weighted by molar-refractivity contribution is 9.10. The SMILES string of the molecule is CCCn1nncc1C(NC)c1cc(Cl)cc(Br)c1. The Hall–Kier alpha value is -0.910. The molecule has 1 unspecified atom stereocenters. The first-order chi connectivity index (χ1) is 9.15. The summed E-state index contributed by atoms with van der Waals surface area (Å²) in [5.41, 5.74) is 2.13. The van der Waals surface area contributed by atoms with Crippen molar-refractivity contribution in [1.29, 1.82) is 0 Å². The first-order valence-corrected chi connectivity index (χ1v) is 7.34. The Morgan fingerprint density at radius 3 is 2.84 bits per heavy atom. The Balaban J connectivity index is 2.40. The lowest BCUT2D eigenvalue weighted by Crippen LogP contribution is -2.21. The summed E-state index contributed by atoms with van der Waals surface area (Å²) in [4.78, 5) is 0. The number of nitrogens with one attached hydrogen (secondary N) is 1. The topological polar surface area (TPSA) is 42.7 Å². The maximum absolute atomic E-state index is 6.12. The fraction of sp³-hybridized carbons (Fsp3) is 0.385. The zero-order valence-electron chi connectivity index (χ0n) is 10.9. The van der Waals surface area contributed by atoms with Gasteiger partial charge < -0.3 is 5.32 Å². The molecule has 0 bridgehead atoms. The van der Waals surface area contributed by atoms with Gasteiger partial charge in [0.15, 0.2) is 0 Å². The van der Waals surface area contributed by atoms with Gasteiger partial charge in [-0.1, -0.05) is 39.7 Å². The number of nitrogens with zero attached hydrogens (tertiary/aromatic N) is 3. The van der Waals surface area contributed by atoms with Gasteiger partial charge in [0.1, 0.15) is 0 Å². The average molecular weight is 344 g/mol. The van der Waals surface area contributed by atoms with Crippen molar-refractivity contribution in [2.45, 2.75) is 25.9 Å². The number of benzene rings is 1. The van der Waals surface area contributed by atoms with Crippen LogP contribution in [0.1, 0.15) is 30.6 Å². The quantitative estimate of drug-likeness (QED) is 0.904. The number of aromatic nitrogens is 3. The Bertz CT molecular complexity index is 535. The number of hydrogen-bond donors (Lipinski definition) is 1. The van der Waals surface area contributed by atoms with Gasteiger partial charge in [-0.25, -0.2) is 4.68 Å². The van der Waals surface area contributed by atoms with E-state index in [1.54, 1.807) is 6.20 Å². The van der Waals surface area contributed by atoms with Crippen LogP contribution in [0.2, 0.25) is 5.02 Å². The molecule has 0 saturated carbocycles. The van der Waals surface area contributed by atoms with Gasteiger partial charge in [0.25, 0.3) is 0 Å². The molecule has 0 aliphatic rings. The maximum atomic E-state index is 6.12. The van der Waals surface area contributed by atoms with Crippen molar-refractivity contribution in [3.05, 3.63) is 45.1 Å². The summed E-state index contributed by atoms with van der Waals surface area (Å²) in [6.07, 6.45) is 2.82. The molecule has 2 aromatic rings. The molecule has 0 radical (unpaired) electrons. The van der Waals surface area contributed by atoms with Gasteiger partial charge in [-0.2, -0.15) is 0 Å². The smallest absolute Gasteiger partial charge is 0.0801 e. The molecule has 4 nitrogen and oxygen atoms in total. The van der Waals surface area contributed by atoms with E-state index in [0.29, 0.717) is 5.02 Å². The van der Waals surface area contributed by atoms with Gasteiger partial charge in [-0.3, -0.25) is 0 Å². The lowest BCUT2D eigenvalue weighted by molar-refractivity contribution is 0.523. The zero-order valence-corrected chi connectivity index (χ0v) is 13.2. The molecule has 1 N–H and O–H groups in total. The minimum absolute atomic E-state index is 0.0246. The van der Waals surface area contributed by atoms with Crippen molar-refractivity contribution in [2.24, 2.45) is 0 Å². The van der Waals surface area contributed by atoms with Crippen LogP contribution in [-0.4, -0.2) is 22.0 Å². The molecule has 6 heteroatoms. The molecule has 19 heavy (non-hydrogen) atoms. The molecule has 1 atom stereocenters. The van der Waals surface area contributed by atoms with E-state index >= 15 is 0 Å². The van der Waals surface area contributed by atoms with Gasteiger partial charge in [-0.15, -0.1) is 5.10 Å². The van der Waals surface area contributed by atoms with Crippen LogP contribution in [0.25, 0.3) is 0 Å². The lowest BCUT2D eigenvalue weighted by Gasteiger charge is -2.18. The predicted octanol–water partition coefficient (Wildman–Crippen LogP) is 3.41. The van der Waals surface area contributed by atoms with E-state index in [4.69, 9.17) is 11.6 Å². The summed E-state index contributed by atoms with van der Waals surface area (Å²) in [6, 6.07) is 5.91. The highest BCUT2D eigenvalue weighted by atomic mass is 79.9. The van der Waals surface area contributed by atoms with Crippen LogP contribution in [0.3, 0.4) is 0 Å². The summed E-state index contributed by atoms with van der Waals surface area (Å²) in [5, 5.41) is 12.1. The minimum Gasteiger partial charge on any atom is -0.308 e. The largest absolute Gasteiger partial charge is 0.308 e.